The lowest BCUT2D eigenvalue weighted by atomic mass is 9.78. The highest BCUT2D eigenvalue weighted by Crippen LogP contribution is 2.32. The molecular formula is C10H18O. The van der Waals surface area contributed by atoms with Gasteiger partial charge in [0.25, 0.3) is 0 Å². The van der Waals surface area contributed by atoms with Crippen molar-refractivity contribution in [3.05, 3.63) is 12.2 Å². The standard InChI is InChI=1S/C10H18O/c1-7(2)9-4-8(3)5-10(11)6-9/h8-11H,1,4-6H2,2-3H3. The van der Waals surface area contributed by atoms with Gasteiger partial charge in [0, 0.05) is 0 Å². The molecule has 1 aliphatic rings. The number of hydrogen-bond acceptors (Lipinski definition) is 1. The molecule has 0 spiro atoms. The summed E-state index contributed by atoms with van der Waals surface area (Å²) in [5.74, 6) is 1.23. The van der Waals surface area contributed by atoms with Crippen molar-refractivity contribution in [2.45, 2.75) is 39.2 Å². The summed E-state index contributed by atoms with van der Waals surface area (Å²) in [5, 5.41) is 9.46. The van der Waals surface area contributed by atoms with Gasteiger partial charge in [-0.15, -0.1) is 0 Å². The Labute approximate surface area is 69.1 Å². The van der Waals surface area contributed by atoms with Crippen LogP contribution in [0.3, 0.4) is 0 Å². The van der Waals surface area contributed by atoms with Gasteiger partial charge >= 0.3 is 0 Å². The van der Waals surface area contributed by atoms with E-state index in [9.17, 15) is 5.11 Å². The zero-order valence-corrected chi connectivity index (χ0v) is 7.51. The first kappa shape index (κ1) is 8.79. The summed E-state index contributed by atoms with van der Waals surface area (Å²) in [6.07, 6.45) is 3.04. The van der Waals surface area contributed by atoms with Crippen molar-refractivity contribution < 1.29 is 5.11 Å². The average Bonchev–Trinajstić information content (AvgIpc) is 1.85. The van der Waals surface area contributed by atoms with Gasteiger partial charge in [-0.25, -0.2) is 0 Å². The number of aliphatic hydroxyl groups is 1. The maximum atomic E-state index is 9.46. The third kappa shape index (κ3) is 2.33. The van der Waals surface area contributed by atoms with E-state index in [1.807, 2.05) is 0 Å². The average molecular weight is 154 g/mol. The monoisotopic (exact) mass is 154 g/mol. The van der Waals surface area contributed by atoms with Gasteiger partial charge < -0.3 is 5.11 Å². The maximum Gasteiger partial charge on any atom is 0.0548 e. The van der Waals surface area contributed by atoms with Crippen molar-refractivity contribution in [3.8, 4) is 0 Å². The molecule has 0 aromatic heterocycles. The van der Waals surface area contributed by atoms with Gasteiger partial charge in [-0.3, -0.25) is 0 Å². The smallest absolute Gasteiger partial charge is 0.0548 e. The first-order valence-electron chi connectivity index (χ1n) is 4.43. The van der Waals surface area contributed by atoms with Crippen molar-refractivity contribution in [1.29, 1.82) is 0 Å². The van der Waals surface area contributed by atoms with Crippen molar-refractivity contribution in [2.24, 2.45) is 11.8 Å². The van der Waals surface area contributed by atoms with Crippen LogP contribution >= 0.6 is 0 Å². The first-order chi connectivity index (χ1) is 5.09. The fourth-order valence-electron chi connectivity index (χ4n) is 1.97. The molecule has 0 aliphatic heterocycles. The van der Waals surface area contributed by atoms with Crippen LogP contribution in [0.5, 0.6) is 0 Å². The van der Waals surface area contributed by atoms with Crippen LogP contribution in [0.4, 0.5) is 0 Å². The minimum absolute atomic E-state index is 0.0829. The molecule has 0 aromatic rings. The number of allylic oxidation sites excluding steroid dienone is 1. The van der Waals surface area contributed by atoms with Gasteiger partial charge in [0.2, 0.25) is 0 Å². The van der Waals surface area contributed by atoms with E-state index in [2.05, 4.69) is 20.4 Å². The molecular weight excluding hydrogens is 136 g/mol. The lowest BCUT2D eigenvalue weighted by molar-refractivity contribution is 0.0848. The van der Waals surface area contributed by atoms with Crippen molar-refractivity contribution in [3.63, 3.8) is 0 Å². The molecule has 0 radical (unpaired) electrons. The van der Waals surface area contributed by atoms with Crippen LogP contribution in [0.15, 0.2) is 12.2 Å². The minimum Gasteiger partial charge on any atom is -0.393 e. The van der Waals surface area contributed by atoms with Crippen molar-refractivity contribution in [2.75, 3.05) is 0 Å². The zero-order valence-electron chi connectivity index (χ0n) is 7.51. The molecule has 0 aromatic carbocycles. The first-order valence-corrected chi connectivity index (χ1v) is 4.43. The van der Waals surface area contributed by atoms with Crippen LogP contribution in [0, 0.1) is 11.8 Å². The van der Waals surface area contributed by atoms with Gasteiger partial charge in [-0.05, 0) is 38.0 Å². The Morgan fingerprint density at radius 3 is 2.45 bits per heavy atom. The summed E-state index contributed by atoms with van der Waals surface area (Å²) in [6, 6.07) is 0. The van der Waals surface area contributed by atoms with Gasteiger partial charge in [-0.2, -0.15) is 0 Å². The van der Waals surface area contributed by atoms with Gasteiger partial charge in [-0.1, -0.05) is 19.1 Å². The highest BCUT2D eigenvalue weighted by Gasteiger charge is 2.24. The van der Waals surface area contributed by atoms with E-state index >= 15 is 0 Å². The molecule has 0 bridgehead atoms. The number of aliphatic hydroxyl groups excluding tert-OH is 1. The SMILES string of the molecule is C=C(C)C1CC(C)CC(O)C1. The van der Waals surface area contributed by atoms with Gasteiger partial charge in [0.1, 0.15) is 0 Å². The number of hydrogen-bond donors (Lipinski definition) is 1. The van der Waals surface area contributed by atoms with Crippen molar-refractivity contribution in [1.82, 2.24) is 0 Å². The van der Waals surface area contributed by atoms with Gasteiger partial charge in [0.05, 0.1) is 6.10 Å². The molecule has 11 heavy (non-hydrogen) atoms. The van der Waals surface area contributed by atoms with E-state index in [1.54, 1.807) is 0 Å². The second kappa shape index (κ2) is 3.40. The fraction of sp³-hybridized carbons (Fsp3) is 0.800. The normalized spacial score (nSPS) is 38.6. The Balaban J connectivity index is 2.49. The van der Waals surface area contributed by atoms with Crippen LogP contribution in [0.2, 0.25) is 0 Å². The summed E-state index contributed by atoms with van der Waals surface area (Å²) in [6.45, 7) is 8.21. The highest BCUT2D eigenvalue weighted by molar-refractivity contribution is 4.99. The summed E-state index contributed by atoms with van der Waals surface area (Å²) in [5.41, 5.74) is 1.23. The Morgan fingerprint density at radius 1 is 1.36 bits per heavy atom. The maximum absolute atomic E-state index is 9.46. The molecule has 0 heterocycles. The minimum atomic E-state index is -0.0829. The molecule has 1 saturated carbocycles. The predicted molar refractivity (Wildman–Crippen MR) is 47.3 cm³/mol. The molecule has 1 aliphatic carbocycles. The van der Waals surface area contributed by atoms with Crippen molar-refractivity contribution >= 4 is 0 Å². The van der Waals surface area contributed by atoms with E-state index < -0.39 is 0 Å². The molecule has 0 amide bonds. The third-order valence-corrected chi connectivity index (χ3v) is 2.61. The summed E-state index contributed by atoms with van der Waals surface area (Å²) < 4.78 is 0. The Morgan fingerprint density at radius 2 is 2.00 bits per heavy atom. The summed E-state index contributed by atoms with van der Waals surface area (Å²) >= 11 is 0. The Bertz CT molecular complexity index is 141. The fourth-order valence-corrected chi connectivity index (χ4v) is 1.97. The van der Waals surface area contributed by atoms with Crippen LogP contribution in [-0.4, -0.2) is 11.2 Å². The number of rotatable bonds is 1. The topological polar surface area (TPSA) is 20.2 Å². The van der Waals surface area contributed by atoms with E-state index in [4.69, 9.17) is 0 Å². The Hall–Kier alpha value is -0.300. The van der Waals surface area contributed by atoms with E-state index in [1.165, 1.54) is 12.0 Å². The summed E-state index contributed by atoms with van der Waals surface area (Å²) in [4.78, 5) is 0. The molecule has 1 rings (SSSR count). The van der Waals surface area contributed by atoms with Crippen LogP contribution in [0.25, 0.3) is 0 Å². The highest BCUT2D eigenvalue weighted by atomic mass is 16.3. The quantitative estimate of drug-likeness (QED) is 0.575. The predicted octanol–water partition coefficient (Wildman–Crippen LogP) is 2.36. The molecule has 64 valence electrons. The molecule has 0 saturated heterocycles. The molecule has 1 N–H and O–H groups in total. The second-order valence-corrected chi connectivity index (χ2v) is 4.01. The lowest BCUT2D eigenvalue weighted by Gasteiger charge is -2.30. The summed E-state index contributed by atoms with van der Waals surface area (Å²) in [7, 11) is 0. The molecule has 1 fully saturated rings. The Kier molecular flexibility index (Phi) is 2.72. The van der Waals surface area contributed by atoms with Crippen LogP contribution in [0.1, 0.15) is 33.1 Å². The van der Waals surface area contributed by atoms with E-state index in [0.717, 1.165) is 12.8 Å². The van der Waals surface area contributed by atoms with E-state index in [-0.39, 0.29) is 6.10 Å². The van der Waals surface area contributed by atoms with Gasteiger partial charge in [0.15, 0.2) is 0 Å². The molecule has 3 unspecified atom stereocenters. The van der Waals surface area contributed by atoms with Crippen LogP contribution < -0.4 is 0 Å². The van der Waals surface area contributed by atoms with Crippen LogP contribution in [-0.2, 0) is 0 Å². The molecule has 1 nitrogen and oxygen atoms in total. The largest absolute Gasteiger partial charge is 0.393 e. The van der Waals surface area contributed by atoms with E-state index in [0.29, 0.717) is 11.8 Å². The second-order valence-electron chi connectivity index (χ2n) is 4.01. The third-order valence-electron chi connectivity index (χ3n) is 2.61. The molecule has 3 atom stereocenters. The lowest BCUT2D eigenvalue weighted by Crippen LogP contribution is -2.25. The zero-order chi connectivity index (χ0) is 8.43. The molecule has 1 heteroatoms.